The van der Waals surface area contributed by atoms with E-state index in [0.29, 0.717) is 5.92 Å². The fourth-order valence-electron chi connectivity index (χ4n) is 7.44. The minimum atomic E-state index is -1.79. The summed E-state index contributed by atoms with van der Waals surface area (Å²) in [5.74, 6) is 7.81. The second kappa shape index (κ2) is 16.8. The third-order valence-corrected chi connectivity index (χ3v) is 14.7. The van der Waals surface area contributed by atoms with Crippen molar-refractivity contribution in [3.8, 4) is 44.8 Å². The van der Waals surface area contributed by atoms with Crippen LogP contribution in [-0.4, -0.2) is 23.2 Å². The van der Waals surface area contributed by atoms with E-state index in [0.717, 1.165) is 50.0 Å². The molecule has 3 aromatic heterocycles. The Morgan fingerprint density at radius 2 is 1.31 bits per heavy atom. The van der Waals surface area contributed by atoms with Gasteiger partial charge in [-0.2, -0.15) is 0 Å². The average Bonchev–Trinajstić information content (AvgIpc) is 3.60. The van der Waals surface area contributed by atoms with Gasteiger partial charge in [-0.3, -0.25) is 0 Å². The Morgan fingerprint density at radius 3 is 2.00 bits per heavy atom. The van der Waals surface area contributed by atoms with E-state index >= 15 is 0 Å². The minimum absolute atomic E-state index is 0. The van der Waals surface area contributed by atoms with Crippen molar-refractivity contribution in [1.82, 2.24) is 9.97 Å². The van der Waals surface area contributed by atoms with Crippen molar-refractivity contribution in [3.05, 3.63) is 164 Å². The molecular weight excluding hydrogens is 897 g/mol. The van der Waals surface area contributed by atoms with Gasteiger partial charge >= 0.3 is 135 Å². The van der Waals surface area contributed by atoms with Crippen LogP contribution in [0.25, 0.3) is 66.7 Å². The van der Waals surface area contributed by atoms with Crippen molar-refractivity contribution in [1.29, 1.82) is 0 Å². The van der Waals surface area contributed by atoms with Crippen molar-refractivity contribution in [2.75, 3.05) is 0 Å². The van der Waals surface area contributed by atoms with Gasteiger partial charge in [0.2, 0.25) is 0 Å². The maximum Gasteiger partial charge on any atom is 0.121 e. The Balaban J connectivity index is 0.000000174. The molecule has 0 amide bonds. The zero-order chi connectivity index (χ0) is 36.2. The van der Waals surface area contributed by atoms with Gasteiger partial charge in [-0.15, -0.1) is 18.2 Å². The number of benzene rings is 5. The fraction of sp³-hybridized carbons (Fsp3) is 0.184. The average molecular weight is 942 g/mol. The molecule has 3 nitrogen and oxygen atoms in total. The van der Waals surface area contributed by atoms with E-state index in [1.54, 1.807) is 0 Å². The summed E-state index contributed by atoms with van der Waals surface area (Å²) in [5, 5.41) is 2.25. The molecule has 1 fully saturated rings. The van der Waals surface area contributed by atoms with Crippen LogP contribution in [0.4, 0.5) is 0 Å². The van der Waals surface area contributed by atoms with Gasteiger partial charge in [0.05, 0.1) is 5.58 Å². The standard InChI is InChI=1S/C29H24NO.C20H20GeN.Ir/c1-3-8-20(9-4-1)22-14-15-24-25-12-7-13-26(29(25)31-28(24)19-22)27-18-23(16-17-30-27)21-10-5-2-6-11-21;1-21(2,3)19-12-13-20(22-15-19)18-11-7-10-17(14-18)16-8-5-4-6-9-16;/h1,3-4,7-9,12,14-19,21H,2,5-6,10-11H2;4-10,12-15H,1-3H3;/q2*-1;. The molecule has 0 bridgehead atoms. The number of pyridine rings is 2. The van der Waals surface area contributed by atoms with Gasteiger partial charge in [-0.25, -0.2) is 0 Å². The van der Waals surface area contributed by atoms with Gasteiger partial charge in [0.25, 0.3) is 0 Å². The van der Waals surface area contributed by atoms with Crippen molar-refractivity contribution in [2.24, 2.45) is 0 Å². The SMILES string of the molecule is [CH3][Ge]([CH3])([CH3])[c]1ccc(-c2[c-]ccc(-c3ccccc3)c2)nc1.[Ir].[c-]1ccc2c(oc3cc(-c4ccccc4)ccc32)c1-c1cc(C2CCCCC2)ccn1. The van der Waals surface area contributed by atoms with Crippen molar-refractivity contribution >= 4 is 39.6 Å². The van der Waals surface area contributed by atoms with Gasteiger partial charge in [-0.1, -0.05) is 84.3 Å². The number of fused-ring (bicyclic) bond motifs is 3. The van der Waals surface area contributed by atoms with Crippen LogP contribution in [0.1, 0.15) is 43.6 Å². The molecule has 0 unspecified atom stereocenters. The summed E-state index contributed by atoms with van der Waals surface area (Å²) in [7, 11) is 0. The van der Waals surface area contributed by atoms with E-state index in [1.165, 1.54) is 58.8 Å². The maximum absolute atomic E-state index is 6.41. The van der Waals surface area contributed by atoms with Crippen LogP contribution in [0.3, 0.4) is 0 Å². The Labute approximate surface area is 335 Å². The second-order valence-corrected chi connectivity index (χ2v) is 25.8. The molecule has 0 N–H and O–H groups in total. The molecule has 0 aliphatic heterocycles. The van der Waals surface area contributed by atoms with E-state index in [-0.39, 0.29) is 20.1 Å². The smallest absolute Gasteiger partial charge is 0.121 e. The molecule has 271 valence electrons. The van der Waals surface area contributed by atoms with Crippen LogP contribution in [-0.2, 0) is 20.1 Å². The molecule has 1 saturated carbocycles. The molecule has 54 heavy (non-hydrogen) atoms. The number of aromatic nitrogens is 2. The zero-order valence-electron chi connectivity index (χ0n) is 31.1. The van der Waals surface area contributed by atoms with E-state index in [4.69, 9.17) is 9.40 Å². The first-order valence-electron chi connectivity index (χ1n) is 18.8. The van der Waals surface area contributed by atoms with Crippen LogP contribution in [0.15, 0.2) is 150 Å². The van der Waals surface area contributed by atoms with E-state index in [1.807, 2.05) is 30.5 Å². The predicted molar refractivity (Wildman–Crippen MR) is 224 cm³/mol. The normalized spacial score (nSPS) is 13.2. The van der Waals surface area contributed by atoms with Gasteiger partial charge < -0.3 is 9.40 Å². The zero-order valence-corrected chi connectivity index (χ0v) is 35.6. The molecule has 0 spiro atoms. The van der Waals surface area contributed by atoms with Crippen molar-refractivity contribution in [3.63, 3.8) is 0 Å². The molecule has 1 radical (unpaired) electrons. The first-order chi connectivity index (χ1) is 25.9. The summed E-state index contributed by atoms with van der Waals surface area (Å²) < 4.78 is 7.85. The number of rotatable bonds is 6. The minimum Gasteiger partial charge on any atom is -0.501 e. The third-order valence-electron chi connectivity index (χ3n) is 10.5. The van der Waals surface area contributed by atoms with Crippen LogP contribution in [0.2, 0.25) is 17.3 Å². The number of nitrogens with zero attached hydrogens (tertiary/aromatic N) is 2. The monoisotopic (exact) mass is 943 g/mol. The molecule has 0 saturated heterocycles. The summed E-state index contributed by atoms with van der Waals surface area (Å²) in [5.41, 5.74) is 11.9. The summed E-state index contributed by atoms with van der Waals surface area (Å²) in [6, 6.07) is 53.2. The Morgan fingerprint density at radius 1 is 0.611 bits per heavy atom. The molecule has 1 aliphatic rings. The summed E-state index contributed by atoms with van der Waals surface area (Å²) in [4.78, 5) is 9.36. The number of furan rings is 1. The summed E-state index contributed by atoms with van der Waals surface area (Å²) in [6.45, 7) is 0. The van der Waals surface area contributed by atoms with Crippen LogP contribution < -0.4 is 4.40 Å². The van der Waals surface area contributed by atoms with E-state index in [2.05, 4.69) is 150 Å². The van der Waals surface area contributed by atoms with Crippen LogP contribution >= 0.6 is 0 Å². The fourth-order valence-corrected chi connectivity index (χ4v) is 9.61. The molecule has 5 aromatic carbocycles. The quantitative estimate of drug-likeness (QED) is 0.123. The van der Waals surface area contributed by atoms with Crippen molar-refractivity contribution < 1.29 is 24.5 Å². The van der Waals surface area contributed by atoms with Gasteiger partial charge in [0.1, 0.15) is 5.58 Å². The first kappa shape index (κ1) is 37.7. The number of hydrogen-bond donors (Lipinski definition) is 0. The summed E-state index contributed by atoms with van der Waals surface area (Å²) >= 11 is -1.79. The molecule has 9 rings (SSSR count). The topological polar surface area (TPSA) is 38.9 Å². The second-order valence-electron chi connectivity index (χ2n) is 15.1. The predicted octanol–water partition coefficient (Wildman–Crippen LogP) is 12.9. The molecular formula is C49H44GeIrN2O-2. The Hall–Kier alpha value is -4.61. The number of hydrogen-bond acceptors (Lipinski definition) is 3. The molecule has 8 aromatic rings. The van der Waals surface area contributed by atoms with Crippen LogP contribution in [0.5, 0.6) is 0 Å². The van der Waals surface area contributed by atoms with Gasteiger partial charge in [-0.05, 0) is 47.7 Å². The molecule has 1 aliphatic carbocycles. The van der Waals surface area contributed by atoms with Gasteiger partial charge in [0.15, 0.2) is 0 Å². The molecule has 0 atom stereocenters. The van der Waals surface area contributed by atoms with Gasteiger partial charge in [0, 0.05) is 31.7 Å². The van der Waals surface area contributed by atoms with Crippen molar-refractivity contribution in [2.45, 2.75) is 55.3 Å². The molecule has 3 heterocycles. The third kappa shape index (κ3) is 8.37. The largest absolute Gasteiger partial charge is 0.501 e. The summed E-state index contributed by atoms with van der Waals surface area (Å²) in [6.07, 6.45) is 10.6. The van der Waals surface area contributed by atoms with E-state index in [9.17, 15) is 0 Å². The maximum atomic E-state index is 6.41. The molecule has 5 heteroatoms. The Bertz CT molecular complexity index is 2460. The Kier molecular flexibility index (Phi) is 11.7. The first-order valence-corrected chi connectivity index (χ1v) is 26.2. The van der Waals surface area contributed by atoms with Crippen LogP contribution in [0, 0.1) is 12.1 Å². The van der Waals surface area contributed by atoms with E-state index < -0.39 is 13.3 Å².